The molecule has 2 rings (SSSR count). The Labute approximate surface area is 109 Å². The van der Waals surface area contributed by atoms with E-state index < -0.39 is 0 Å². The lowest BCUT2D eigenvalue weighted by molar-refractivity contribution is 1.13. The quantitative estimate of drug-likeness (QED) is 0.810. The highest BCUT2D eigenvalue weighted by Crippen LogP contribution is 2.26. The second-order valence-corrected chi connectivity index (χ2v) is 4.89. The van der Waals surface area contributed by atoms with Crippen LogP contribution >= 0.6 is 0 Å². The molecular formula is C16H20N2. The zero-order chi connectivity index (χ0) is 13.1. The number of nitrogens with zero attached hydrogens (tertiary/aromatic N) is 2. The molecule has 2 aromatic rings. The van der Waals surface area contributed by atoms with Crippen molar-refractivity contribution in [2.75, 3.05) is 38.0 Å². The Morgan fingerprint density at radius 2 is 1.00 bits per heavy atom. The molecular weight excluding hydrogens is 220 g/mol. The number of hydrogen-bond donors (Lipinski definition) is 0. The van der Waals surface area contributed by atoms with Crippen molar-refractivity contribution < 1.29 is 0 Å². The molecule has 0 heterocycles. The molecule has 0 spiro atoms. The van der Waals surface area contributed by atoms with Gasteiger partial charge < -0.3 is 9.80 Å². The predicted octanol–water partition coefficient (Wildman–Crippen LogP) is 3.49. The molecule has 0 fully saturated rings. The van der Waals surface area contributed by atoms with E-state index in [1.807, 2.05) is 0 Å². The van der Waals surface area contributed by atoms with Gasteiger partial charge in [-0.1, -0.05) is 24.3 Å². The number of anilines is 2. The molecule has 0 aliphatic heterocycles. The highest BCUT2D eigenvalue weighted by molar-refractivity contribution is 5.71. The Bertz CT molecular complexity index is 481. The topological polar surface area (TPSA) is 6.48 Å². The third-order valence-corrected chi connectivity index (χ3v) is 3.06. The van der Waals surface area contributed by atoms with Crippen LogP contribution in [0.5, 0.6) is 0 Å². The molecule has 0 aliphatic rings. The van der Waals surface area contributed by atoms with Crippen LogP contribution in [0.3, 0.4) is 0 Å². The maximum absolute atomic E-state index is 2.22. The van der Waals surface area contributed by atoms with Gasteiger partial charge in [0.25, 0.3) is 0 Å². The lowest BCUT2D eigenvalue weighted by Gasteiger charge is -2.16. The van der Waals surface area contributed by atoms with Crippen LogP contribution in [-0.2, 0) is 0 Å². The minimum atomic E-state index is 1.22. The van der Waals surface area contributed by atoms with Crippen molar-refractivity contribution in [1.82, 2.24) is 0 Å². The van der Waals surface area contributed by atoms with Crippen molar-refractivity contribution in [3.63, 3.8) is 0 Å². The van der Waals surface area contributed by atoms with Crippen LogP contribution in [0.4, 0.5) is 11.4 Å². The zero-order valence-corrected chi connectivity index (χ0v) is 11.5. The standard InChI is InChI=1S/C16H20N2/c1-17(2)15-9-5-7-13(11-15)14-8-6-10-16(12-14)18(3)4/h5-12H,1-4H3. The summed E-state index contributed by atoms with van der Waals surface area (Å²) in [5.41, 5.74) is 4.96. The van der Waals surface area contributed by atoms with E-state index in [-0.39, 0.29) is 0 Å². The first-order chi connectivity index (χ1) is 8.58. The molecule has 0 aromatic heterocycles. The minimum Gasteiger partial charge on any atom is -0.378 e. The van der Waals surface area contributed by atoms with Gasteiger partial charge in [0.1, 0.15) is 0 Å². The molecule has 0 saturated heterocycles. The lowest BCUT2D eigenvalue weighted by atomic mass is 10.0. The molecule has 2 nitrogen and oxygen atoms in total. The second kappa shape index (κ2) is 5.13. The first-order valence-electron chi connectivity index (χ1n) is 6.13. The molecule has 0 radical (unpaired) electrons. The van der Waals surface area contributed by atoms with Crippen LogP contribution in [0.15, 0.2) is 48.5 Å². The van der Waals surface area contributed by atoms with Crippen molar-refractivity contribution in [3.05, 3.63) is 48.5 Å². The second-order valence-electron chi connectivity index (χ2n) is 4.89. The summed E-state index contributed by atoms with van der Waals surface area (Å²) in [6, 6.07) is 17.2. The van der Waals surface area contributed by atoms with E-state index in [1.54, 1.807) is 0 Å². The minimum absolute atomic E-state index is 1.22. The molecule has 0 N–H and O–H groups in total. The van der Waals surface area contributed by atoms with Gasteiger partial charge in [0.15, 0.2) is 0 Å². The largest absolute Gasteiger partial charge is 0.378 e. The molecule has 18 heavy (non-hydrogen) atoms. The molecule has 0 aliphatic carbocycles. The first-order valence-corrected chi connectivity index (χ1v) is 6.13. The fraction of sp³-hybridized carbons (Fsp3) is 0.250. The van der Waals surface area contributed by atoms with Crippen molar-refractivity contribution in [1.29, 1.82) is 0 Å². The molecule has 0 atom stereocenters. The highest BCUT2D eigenvalue weighted by atomic mass is 15.1. The number of benzene rings is 2. The van der Waals surface area contributed by atoms with Gasteiger partial charge in [-0.3, -0.25) is 0 Å². The average Bonchev–Trinajstić information content (AvgIpc) is 2.39. The monoisotopic (exact) mass is 240 g/mol. The Morgan fingerprint density at radius 3 is 1.33 bits per heavy atom. The summed E-state index contributed by atoms with van der Waals surface area (Å²) in [6.07, 6.45) is 0. The van der Waals surface area contributed by atoms with Crippen molar-refractivity contribution in [2.45, 2.75) is 0 Å². The maximum Gasteiger partial charge on any atom is 0.0367 e. The summed E-state index contributed by atoms with van der Waals surface area (Å²) in [5, 5.41) is 0. The predicted molar refractivity (Wildman–Crippen MR) is 80.5 cm³/mol. The van der Waals surface area contributed by atoms with E-state index >= 15 is 0 Å². The smallest absolute Gasteiger partial charge is 0.0367 e. The Balaban J connectivity index is 2.42. The molecule has 0 amide bonds. The Kier molecular flexibility index (Phi) is 3.56. The van der Waals surface area contributed by atoms with Crippen molar-refractivity contribution in [2.24, 2.45) is 0 Å². The van der Waals surface area contributed by atoms with Gasteiger partial charge in [0, 0.05) is 39.6 Å². The van der Waals surface area contributed by atoms with Crippen LogP contribution < -0.4 is 9.80 Å². The van der Waals surface area contributed by atoms with E-state index in [9.17, 15) is 0 Å². The number of hydrogen-bond acceptors (Lipinski definition) is 2. The summed E-state index contributed by atoms with van der Waals surface area (Å²) in [6.45, 7) is 0. The van der Waals surface area contributed by atoms with Gasteiger partial charge in [-0.25, -0.2) is 0 Å². The summed E-state index contributed by atoms with van der Waals surface area (Å²) in [4.78, 5) is 4.25. The number of rotatable bonds is 3. The molecule has 2 heteroatoms. The van der Waals surface area contributed by atoms with Gasteiger partial charge >= 0.3 is 0 Å². The van der Waals surface area contributed by atoms with Gasteiger partial charge in [0.05, 0.1) is 0 Å². The van der Waals surface area contributed by atoms with Crippen molar-refractivity contribution in [3.8, 4) is 11.1 Å². The maximum atomic E-state index is 2.22. The summed E-state index contributed by atoms with van der Waals surface area (Å²) < 4.78 is 0. The summed E-state index contributed by atoms with van der Waals surface area (Å²) in [7, 11) is 8.26. The zero-order valence-electron chi connectivity index (χ0n) is 11.5. The Morgan fingerprint density at radius 1 is 0.611 bits per heavy atom. The van der Waals surface area contributed by atoms with Crippen LogP contribution in [0.1, 0.15) is 0 Å². The van der Waals surface area contributed by atoms with Crippen LogP contribution in [0.25, 0.3) is 11.1 Å². The third-order valence-electron chi connectivity index (χ3n) is 3.06. The summed E-state index contributed by atoms with van der Waals surface area (Å²) in [5.74, 6) is 0. The average molecular weight is 240 g/mol. The van der Waals surface area contributed by atoms with Gasteiger partial charge in [-0.2, -0.15) is 0 Å². The molecule has 0 unspecified atom stereocenters. The lowest BCUT2D eigenvalue weighted by Crippen LogP contribution is -2.09. The highest BCUT2D eigenvalue weighted by Gasteiger charge is 2.02. The first kappa shape index (κ1) is 12.5. The van der Waals surface area contributed by atoms with Gasteiger partial charge in [0.2, 0.25) is 0 Å². The van der Waals surface area contributed by atoms with Crippen molar-refractivity contribution >= 4 is 11.4 Å². The molecule has 0 bridgehead atoms. The molecule has 94 valence electrons. The SMILES string of the molecule is CN(C)c1cccc(-c2cccc(N(C)C)c2)c1. The van der Waals surface area contributed by atoms with E-state index in [0.29, 0.717) is 0 Å². The van der Waals surface area contributed by atoms with Crippen LogP contribution in [-0.4, -0.2) is 28.2 Å². The van der Waals surface area contributed by atoms with Gasteiger partial charge in [-0.15, -0.1) is 0 Å². The van der Waals surface area contributed by atoms with Crippen LogP contribution in [0, 0.1) is 0 Å². The molecule has 0 saturated carbocycles. The molecule has 2 aromatic carbocycles. The van der Waals surface area contributed by atoms with E-state index in [4.69, 9.17) is 0 Å². The fourth-order valence-corrected chi connectivity index (χ4v) is 1.93. The third kappa shape index (κ3) is 2.65. The summed E-state index contributed by atoms with van der Waals surface area (Å²) >= 11 is 0. The van der Waals surface area contributed by atoms with Crippen LogP contribution in [0.2, 0.25) is 0 Å². The Hall–Kier alpha value is -1.96. The fourth-order valence-electron chi connectivity index (χ4n) is 1.93. The van der Waals surface area contributed by atoms with E-state index in [1.165, 1.54) is 22.5 Å². The van der Waals surface area contributed by atoms with E-state index in [2.05, 4.69) is 86.5 Å². The normalized spacial score (nSPS) is 10.2. The van der Waals surface area contributed by atoms with E-state index in [0.717, 1.165) is 0 Å². The van der Waals surface area contributed by atoms with Gasteiger partial charge in [-0.05, 0) is 35.4 Å².